The predicted molar refractivity (Wildman–Crippen MR) is 43.1 cm³/mol. The monoisotopic (exact) mass is 167 g/mol. The Bertz CT molecular complexity index is 401. The number of thiophene rings is 1. The van der Waals surface area contributed by atoms with Crippen LogP contribution in [-0.2, 0) is 0 Å². The summed E-state index contributed by atoms with van der Waals surface area (Å²) >= 11 is 1.51. The molecule has 3 nitrogen and oxygen atoms in total. The Balaban J connectivity index is 2.78. The van der Waals surface area contributed by atoms with Gasteiger partial charge in [-0.15, -0.1) is 11.3 Å². The summed E-state index contributed by atoms with van der Waals surface area (Å²) in [5.41, 5.74) is 0.348. The summed E-state index contributed by atoms with van der Waals surface area (Å²) in [7, 11) is 0. The van der Waals surface area contributed by atoms with Gasteiger partial charge in [0.1, 0.15) is 4.83 Å². The number of rotatable bonds is 1. The quantitative estimate of drug-likeness (QED) is 0.681. The normalized spacial score (nSPS) is 10.5. The Morgan fingerprint density at radius 1 is 1.64 bits per heavy atom. The van der Waals surface area contributed by atoms with E-state index < -0.39 is 5.97 Å². The van der Waals surface area contributed by atoms with Crippen molar-refractivity contribution < 1.29 is 9.90 Å². The number of fused-ring (bicyclic) bond motifs is 1. The standard InChI is InChI=1S/C7H5NO2S/c9-7(10)5-3-8-6-4(5)1-2-11-6/h1-3,8H,(H,9,10). The summed E-state index contributed by atoms with van der Waals surface area (Å²) in [6.45, 7) is 0. The predicted octanol–water partition coefficient (Wildman–Crippen LogP) is 1.93. The molecular weight excluding hydrogens is 162 g/mol. The van der Waals surface area contributed by atoms with Crippen molar-refractivity contribution in [3.63, 3.8) is 0 Å². The highest BCUT2D eigenvalue weighted by Crippen LogP contribution is 2.22. The van der Waals surface area contributed by atoms with Crippen molar-refractivity contribution in [3.05, 3.63) is 23.2 Å². The molecule has 0 amide bonds. The zero-order valence-corrected chi connectivity index (χ0v) is 6.31. The maximum absolute atomic E-state index is 10.6. The summed E-state index contributed by atoms with van der Waals surface area (Å²) in [5.74, 6) is -0.880. The molecule has 56 valence electrons. The Labute approximate surface area is 66.3 Å². The van der Waals surface area contributed by atoms with Crippen LogP contribution in [-0.4, -0.2) is 16.1 Å². The molecule has 2 rings (SSSR count). The molecule has 0 saturated heterocycles. The van der Waals surface area contributed by atoms with Gasteiger partial charge < -0.3 is 10.1 Å². The Morgan fingerprint density at radius 2 is 2.45 bits per heavy atom. The third-order valence-corrected chi connectivity index (χ3v) is 2.38. The summed E-state index contributed by atoms with van der Waals surface area (Å²) in [4.78, 5) is 14.4. The lowest BCUT2D eigenvalue weighted by Crippen LogP contribution is -1.92. The zero-order valence-electron chi connectivity index (χ0n) is 5.50. The van der Waals surface area contributed by atoms with Gasteiger partial charge in [0.05, 0.1) is 5.56 Å². The van der Waals surface area contributed by atoms with Gasteiger partial charge in [-0.2, -0.15) is 0 Å². The molecule has 0 unspecified atom stereocenters. The molecule has 0 saturated carbocycles. The smallest absolute Gasteiger partial charge is 0.337 e. The number of carboxylic acids is 1. The third kappa shape index (κ3) is 0.832. The number of H-pyrrole nitrogens is 1. The molecule has 0 radical (unpaired) electrons. The maximum atomic E-state index is 10.6. The molecule has 0 atom stereocenters. The van der Waals surface area contributed by atoms with Crippen LogP contribution >= 0.6 is 11.3 Å². The Morgan fingerprint density at radius 3 is 3.18 bits per heavy atom. The minimum atomic E-state index is -0.880. The number of carboxylic acid groups (broad SMARTS) is 1. The molecule has 0 aliphatic rings. The van der Waals surface area contributed by atoms with Gasteiger partial charge in [0.25, 0.3) is 0 Å². The molecule has 2 aromatic rings. The summed E-state index contributed by atoms with van der Waals surface area (Å²) in [6, 6.07) is 1.81. The highest BCUT2D eigenvalue weighted by molar-refractivity contribution is 7.16. The fraction of sp³-hybridized carbons (Fsp3) is 0. The number of aromatic carboxylic acids is 1. The molecule has 2 heterocycles. The van der Waals surface area contributed by atoms with E-state index in [1.54, 1.807) is 6.07 Å². The molecule has 2 aromatic heterocycles. The lowest BCUT2D eigenvalue weighted by atomic mass is 10.2. The van der Waals surface area contributed by atoms with Crippen molar-refractivity contribution >= 4 is 27.5 Å². The summed E-state index contributed by atoms with van der Waals surface area (Å²) < 4.78 is 0. The van der Waals surface area contributed by atoms with Crippen molar-refractivity contribution in [1.29, 1.82) is 0 Å². The molecule has 11 heavy (non-hydrogen) atoms. The SMILES string of the molecule is O=C(O)c1c[nH]c2sccc12. The van der Waals surface area contributed by atoms with E-state index in [-0.39, 0.29) is 0 Å². The molecular formula is C7H5NO2S. The van der Waals surface area contributed by atoms with E-state index in [0.717, 1.165) is 10.2 Å². The minimum absolute atomic E-state index is 0.348. The van der Waals surface area contributed by atoms with Gasteiger partial charge in [-0.25, -0.2) is 4.79 Å². The first-order valence-electron chi connectivity index (χ1n) is 3.07. The molecule has 2 N–H and O–H groups in total. The van der Waals surface area contributed by atoms with Gasteiger partial charge in [0.2, 0.25) is 0 Å². The number of aromatic amines is 1. The highest BCUT2D eigenvalue weighted by atomic mass is 32.1. The fourth-order valence-corrected chi connectivity index (χ4v) is 1.80. The van der Waals surface area contributed by atoms with E-state index in [1.807, 2.05) is 5.38 Å². The largest absolute Gasteiger partial charge is 0.478 e. The van der Waals surface area contributed by atoms with Crippen LogP contribution in [0.15, 0.2) is 17.6 Å². The van der Waals surface area contributed by atoms with E-state index >= 15 is 0 Å². The number of hydrogen-bond donors (Lipinski definition) is 2. The molecule has 4 heteroatoms. The van der Waals surface area contributed by atoms with Crippen molar-refractivity contribution in [3.8, 4) is 0 Å². The Kier molecular flexibility index (Phi) is 1.22. The number of aromatic nitrogens is 1. The number of hydrogen-bond acceptors (Lipinski definition) is 2. The lowest BCUT2D eigenvalue weighted by molar-refractivity contribution is 0.0699. The molecule has 0 aliphatic heterocycles. The van der Waals surface area contributed by atoms with Gasteiger partial charge in [0, 0.05) is 11.6 Å². The van der Waals surface area contributed by atoms with Gasteiger partial charge in [-0.3, -0.25) is 0 Å². The Hall–Kier alpha value is -1.29. The van der Waals surface area contributed by atoms with Crippen molar-refractivity contribution in [1.82, 2.24) is 4.98 Å². The van der Waals surface area contributed by atoms with E-state index in [4.69, 9.17) is 5.11 Å². The first-order chi connectivity index (χ1) is 5.29. The number of carbonyl (C=O) groups is 1. The molecule has 0 aromatic carbocycles. The van der Waals surface area contributed by atoms with Gasteiger partial charge in [-0.05, 0) is 11.4 Å². The summed E-state index contributed by atoms with van der Waals surface area (Å²) in [6.07, 6.45) is 1.52. The van der Waals surface area contributed by atoms with Crippen LogP contribution in [0.1, 0.15) is 10.4 Å². The van der Waals surface area contributed by atoms with Crippen LogP contribution in [0, 0.1) is 0 Å². The average Bonchev–Trinajstić information content (AvgIpc) is 2.41. The van der Waals surface area contributed by atoms with Crippen molar-refractivity contribution in [2.24, 2.45) is 0 Å². The van der Waals surface area contributed by atoms with E-state index in [2.05, 4.69) is 4.98 Å². The second-order valence-electron chi connectivity index (χ2n) is 2.17. The van der Waals surface area contributed by atoms with E-state index in [0.29, 0.717) is 5.56 Å². The van der Waals surface area contributed by atoms with Crippen molar-refractivity contribution in [2.45, 2.75) is 0 Å². The van der Waals surface area contributed by atoms with Crippen LogP contribution in [0.2, 0.25) is 0 Å². The maximum Gasteiger partial charge on any atom is 0.337 e. The van der Waals surface area contributed by atoms with Gasteiger partial charge in [0.15, 0.2) is 0 Å². The summed E-state index contributed by atoms with van der Waals surface area (Å²) in [5, 5.41) is 11.3. The molecule has 0 aliphatic carbocycles. The van der Waals surface area contributed by atoms with Gasteiger partial charge in [-0.1, -0.05) is 0 Å². The third-order valence-electron chi connectivity index (χ3n) is 1.53. The van der Waals surface area contributed by atoms with E-state index in [9.17, 15) is 4.79 Å². The first-order valence-corrected chi connectivity index (χ1v) is 3.95. The van der Waals surface area contributed by atoms with E-state index in [1.165, 1.54) is 17.5 Å². The topological polar surface area (TPSA) is 53.1 Å². The lowest BCUT2D eigenvalue weighted by Gasteiger charge is -1.83. The molecule has 0 spiro atoms. The van der Waals surface area contributed by atoms with Crippen LogP contribution < -0.4 is 0 Å². The zero-order chi connectivity index (χ0) is 7.84. The molecule has 0 fully saturated rings. The second kappa shape index (κ2) is 2.10. The van der Waals surface area contributed by atoms with Crippen LogP contribution in [0.4, 0.5) is 0 Å². The average molecular weight is 167 g/mol. The fourth-order valence-electron chi connectivity index (χ4n) is 1.03. The van der Waals surface area contributed by atoms with Crippen LogP contribution in [0.5, 0.6) is 0 Å². The molecule has 0 bridgehead atoms. The van der Waals surface area contributed by atoms with Crippen LogP contribution in [0.25, 0.3) is 10.2 Å². The second-order valence-corrected chi connectivity index (χ2v) is 3.09. The first kappa shape index (κ1) is 6.42. The van der Waals surface area contributed by atoms with Gasteiger partial charge >= 0.3 is 5.97 Å². The van der Waals surface area contributed by atoms with Crippen LogP contribution in [0.3, 0.4) is 0 Å². The minimum Gasteiger partial charge on any atom is -0.478 e. The number of nitrogens with one attached hydrogen (secondary N) is 1. The van der Waals surface area contributed by atoms with Crippen molar-refractivity contribution in [2.75, 3.05) is 0 Å². The highest BCUT2D eigenvalue weighted by Gasteiger charge is 2.09.